The predicted molar refractivity (Wildman–Crippen MR) is 91.9 cm³/mol. The molecule has 6 heteroatoms. The molecule has 0 bridgehead atoms. The Morgan fingerprint density at radius 2 is 2.17 bits per heavy atom. The number of aromatic nitrogens is 1. The molecule has 0 spiro atoms. The van der Waals surface area contributed by atoms with Crippen LogP contribution in [0.5, 0.6) is 0 Å². The van der Waals surface area contributed by atoms with Gasteiger partial charge in [0, 0.05) is 37.1 Å². The van der Waals surface area contributed by atoms with Gasteiger partial charge in [-0.3, -0.25) is 14.7 Å². The molecule has 1 amide bonds. The van der Waals surface area contributed by atoms with Crippen molar-refractivity contribution in [1.29, 1.82) is 0 Å². The summed E-state index contributed by atoms with van der Waals surface area (Å²) in [6.45, 7) is 6.81. The van der Waals surface area contributed by atoms with E-state index in [1.54, 1.807) is 11.3 Å². The second kappa shape index (κ2) is 7.68. The fourth-order valence-electron chi connectivity index (χ4n) is 2.62. The summed E-state index contributed by atoms with van der Waals surface area (Å²) in [6, 6.07) is 5.81. The Labute approximate surface area is 140 Å². The van der Waals surface area contributed by atoms with Crippen molar-refractivity contribution < 1.29 is 9.53 Å². The Bertz CT molecular complexity index is 652. The zero-order valence-corrected chi connectivity index (χ0v) is 14.1. The van der Waals surface area contributed by atoms with Crippen molar-refractivity contribution in [3.8, 4) is 11.3 Å². The molecule has 0 aliphatic carbocycles. The quantitative estimate of drug-likeness (QED) is 0.912. The molecule has 0 atom stereocenters. The third-order valence-electron chi connectivity index (χ3n) is 3.96. The van der Waals surface area contributed by atoms with Gasteiger partial charge in [0.25, 0.3) is 5.91 Å². The number of nitrogens with one attached hydrogen (secondary N) is 1. The summed E-state index contributed by atoms with van der Waals surface area (Å²) in [4.78, 5) is 19.2. The second-order valence-electron chi connectivity index (χ2n) is 5.55. The molecule has 0 unspecified atom stereocenters. The highest BCUT2D eigenvalue weighted by atomic mass is 32.1. The van der Waals surface area contributed by atoms with Crippen molar-refractivity contribution in [2.75, 3.05) is 39.4 Å². The number of ether oxygens (including phenoxy) is 1. The summed E-state index contributed by atoms with van der Waals surface area (Å²) in [5.74, 6) is -0.0554. The summed E-state index contributed by atoms with van der Waals surface area (Å²) in [5.41, 5.74) is 3.41. The smallest absolute Gasteiger partial charge is 0.253 e. The fraction of sp³-hybridized carbons (Fsp3) is 0.412. The number of thiophene rings is 1. The molecule has 3 heterocycles. The Kier molecular flexibility index (Phi) is 5.38. The maximum atomic E-state index is 12.3. The Balaban J connectivity index is 1.56. The van der Waals surface area contributed by atoms with Crippen molar-refractivity contribution in [3.63, 3.8) is 0 Å². The summed E-state index contributed by atoms with van der Waals surface area (Å²) >= 11 is 1.64. The van der Waals surface area contributed by atoms with E-state index in [4.69, 9.17) is 4.74 Å². The molecular formula is C17H21N3O2S. The Hall–Kier alpha value is -1.76. The highest BCUT2D eigenvalue weighted by Crippen LogP contribution is 2.21. The van der Waals surface area contributed by atoms with Gasteiger partial charge in [0.05, 0.1) is 30.2 Å². The van der Waals surface area contributed by atoms with Crippen LogP contribution >= 0.6 is 11.3 Å². The van der Waals surface area contributed by atoms with Gasteiger partial charge in [0.2, 0.25) is 0 Å². The third kappa shape index (κ3) is 4.16. The third-order valence-corrected chi connectivity index (χ3v) is 4.65. The molecule has 122 valence electrons. The average molecular weight is 331 g/mol. The summed E-state index contributed by atoms with van der Waals surface area (Å²) in [6.07, 6.45) is 0. The van der Waals surface area contributed by atoms with Gasteiger partial charge in [0.1, 0.15) is 0 Å². The number of pyridine rings is 1. The molecule has 2 aromatic rings. The molecule has 1 aliphatic rings. The molecule has 0 saturated carbocycles. The van der Waals surface area contributed by atoms with Crippen LogP contribution in [0.2, 0.25) is 0 Å². The monoisotopic (exact) mass is 331 g/mol. The van der Waals surface area contributed by atoms with E-state index in [0.29, 0.717) is 12.1 Å². The van der Waals surface area contributed by atoms with Crippen LogP contribution in [0.4, 0.5) is 0 Å². The van der Waals surface area contributed by atoms with Gasteiger partial charge in [-0.1, -0.05) is 0 Å². The first-order chi connectivity index (χ1) is 11.2. The number of morpholine rings is 1. The maximum absolute atomic E-state index is 12.3. The van der Waals surface area contributed by atoms with Gasteiger partial charge in [0.15, 0.2) is 0 Å². The molecule has 1 saturated heterocycles. The standard InChI is InChI=1S/C17H21N3O2S/c1-13-15(2-3-16(19-13)14-4-11-23-12-14)17(21)18-5-6-20-7-9-22-10-8-20/h2-4,11-12H,5-10H2,1H3,(H,18,21). The van der Waals surface area contributed by atoms with E-state index in [2.05, 4.69) is 20.6 Å². The van der Waals surface area contributed by atoms with E-state index in [0.717, 1.165) is 49.8 Å². The predicted octanol–water partition coefficient (Wildman–Crippen LogP) is 2.18. The molecule has 1 fully saturated rings. The van der Waals surface area contributed by atoms with Crippen LogP contribution in [0, 0.1) is 6.92 Å². The van der Waals surface area contributed by atoms with Gasteiger partial charge in [-0.2, -0.15) is 11.3 Å². The van der Waals surface area contributed by atoms with Crippen LogP contribution in [0.25, 0.3) is 11.3 Å². The number of carbonyl (C=O) groups excluding carboxylic acids is 1. The number of rotatable bonds is 5. The van der Waals surface area contributed by atoms with E-state index in [1.165, 1.54) is 0 Å². The number of nitrogens with zero attached hydrogens (tertiary/aromatic N) is 2. The molecular weight excluding hydrogens is 310 g/mol. The minimum Gasteiger partial charge on any atom is -0.379 e. The normalized spacial score (nSPS) is 15.5. The van der Waals surface area contributed by atoms with Crippen LogP contribution in [-0.2, 0) is 4.74 Å². The lowest BCUT2D eigenvalue weighted by atomic mass is 10.1. The average Bonchev–Trinajstić information content (AvgIpc) is 3.10. The van der Waals surface area contributed by atoms with Crippen molar-refractivity contribution in [2.45, 2.75) is 6.92 Å². The summed E-state index contributed by atoms with van der Waals surface area (Å²) < 4.78 is 5.32. The van der Waals surface area contributed by atoms with E-state index in [9.17, 15) is 4.79 Å². The van der Waals surface area contributed by atoms with Crippen LogP contribution in [0.3, 0.4) is 0 Å². The fourth-order valence-corrected chi connectivity index (χ4v) is 3.27. The van der Waals surface area contributed by atoms with Crippen molar-refractivity contribution in [3.05, 3.63) is 40.2 Å². The zero-order valence-electron chi connectivity index (χ0n) is 13.2. The molecule has 1 aliphatic heterocycles. The SMILES string of the molecule is Cc1nc(-c2ccsc2)ccc1C(=O)NCCN1CCOCC1. The van der Waals surface area contributed by atoms with Crippen molar-refractivity contribution in [1.82, 2.24) is 15.2 Å². The van der Waals surface area contributed by atoms with E-state index < -0.39 is 0 Å². The Morgan fingerprint density at radius 1 is 1.35 bits per heavy atom. The molecule has 5 nitrogen and oxygen atoms in total. The van der Waals surface area contributed by atoms with E-state index in [-0.39, 0.29) is 5.91 Å². The van der Waals surface area contributed by atoms with Crippen LogP contribution in [0.15, 0.2) is 29.0 Å². The maximum Gasteiger partial charge on any atom is 0.253 e. The molecule has 23 heavy (non-hydrogen) atoms. The summed E-state index contributed by atoms with van der Waals surface area (Å²) in [5, 5.41) is 7.07. The lowest BCUT2D eigenvalue weighted by Crippen LogP contribution is -2.41. The lowest BCUT2D eigenvalue weighted by molar-refractivity contribution is 0.0383. The van der Waals surface area contributed by atoms with Gasteiger partial charge < -0.3 is 10.1 Å². The number of aryl methyl sites for hydroxylation is 1. The first-order valence-electron chi connectivity index (χ1n) is 7.82. The number of carbonyl (C=O) groups is 1. The zero-order chi connectivity index (χ0) is 16.1. The van der Waals surface area contributed by atoms with Crippen molar-refractivity contribution in [2.24, 2.45) is 0 Å². The minimum atomic E-state index is -0.0554. The molecule has 0 radical (unpaired) electrons. The van der Waals surface area contributed by atoms with E-state index >= 15 is 0 Å². The molecule has 1 N–H and O–H groups in total. The van der Waals surface area contributed by atoms with Crippen molar-refractivity contribution >= 4 is 17.2 Å². The highest BCUT2D eigenvalue weighted by Gasteiger charge is 2.13. The number of amides is 1. The van der Waals surface area contributed by atoms with Gasteiger partial charge in [-0.05, 0) is 30.5 Å². The number of hydrogen-bond donors (Lipinski definition) is 1. The highest BCUT2D eigenvalue weighted by molar-refractivity contribution is 7.08. The van der Waals surface area contributed by atoms with Crippen LogP contribution in [-0.4, -0.2) is 55.2 Å². The van der Waals surface area contributed by atoms with Crippen LogP contribution in [0.1, 0.15) is 16.1 Å². The minimum absolute atomic E-state index is 0.0554. The topological polar surface area (TPSA) is 54.5 Å². The Morgan fingerprint density at radius 3 is 2.87 bits per heavy atom. The first-order valence-corrected chi connectivity index (χ1v) is 8.77. The van der Waals surface area contributed by atoms with Gasteiger partial charge >= 0.3 is 0 Å². The lowest BCUT2D eigenvalue weighted by Gasteiger charge is -2.26. The molecule has 0 aromatic carbocycles. The first kappa shape index (κ1) is 16.1. The van der Waals surface area contributed by atoms with Gasteiger partial charge in [-0.15, -0.1) is 0 Å². The van der Waals surface area contributed by atoms with Crippen LogP contribution < -0.4 is 5.32 Å². The molecule has 2 aromatic heterocycles. The largest absolute Gasteiger partial charge is 0.379 e. The van der Waals surface area contributed by atoms with E-state index in [1.807, 2.05) is 30.5 Å². The summed E-state index contributed by atoms with van der Waals surface area (Å²) in [7, 11) is 0. The number of hydrogen-bond acceptors (Lipinski definition) is 5. The second-order valence-corrected chi connectivity index (χ2v) is 6.33. The van der Waals surface area contributed by atoms with Gasteiger partial charge in [-0.25, -0.2) is 0 Å². The molecule has 3 rings (SSSR count).